The minimum Gasteiger partial charge on any atom is -0.441 e. The Bertz CT molecular complexity index is 1090. The van der Waals surface area contributed by atoms with Gasteiger partial charge in [0.25, 0.3) is 0 Å². The lowest BCUT2D eigenvalue weighted by Gasteiger charge is -2.00. The molecule has 3 heterocycles. The van der Waals surface area contributed by atoms with Gasteiger partial charge in [0.15, 0.2) is 16.8 Å². The summed E-state index contributed by atoms with van der Waals surface area (Å²) in [6.07, 6.45) is 5.36. The molecule has 4 aromatic rings. The molecule has 0 atom stereocenters. The van der Waals surface area contributed by atoms with E-state index in [0.717, 1.165) is 11.3 Å². The Kier molecular flexibility index (Phi) is 5.20. The monoisotopic (exact) mass is 394 g/mol. The Morgan fingerprint density at radius 3 is 2.89 bits per heavy atom. The fourth-order valence-corrected chi connectivity index (χ4v) is 3.33. The van der Waals surface area contributed by atoms with E-state index < -0.39 is 0 Å². The van der Waals surface area contributed by atoms with Gasteiger partial charge in [-0.15, -0.1) is 11.3 Å². The molecule has 1 aromatic carbocycles. The van der Waals surface area contributed by atoms with Crippen molar-refractivity contribution >= 4 is 22.4 Å². The standard InChI is InChI=1S/C20H15FN4O2S/c21-15-6-2-1-5-14(15)17-11-23-19(27-17)8-7-18(26)25-20-24-16(12-28-20)13-4-3-9-22-10-13/h1-6,9-12H,7-8H2,(H,24,25,26). The van der Waals surface area contributed by atoms with Crippen molar-refractivity contribution in [3.63, 3.8) is 0 Å². The molecule has 0 unspecified atom stereocenters. The number of aromatic nitrogens is 3. The molecule has 3 aromatic heterocycles. The number of rotatable bonds is 6. The summed E-state index contributed by atoms with van der Waals surface area (Å²) in [5.41, 5.74) is 1.99. The summed E-state index contributed by atoms with van der Waals surface area (Å²) in [5, 5.41) is 5.15. The molecular formula is C20H15FN4O2S. The van der Waals surface area contributed by atoms with Crippen molar-refractivity contribution in [2.45, 2.75) is 12.8 Å². The Labute approximate surface area is 164 Å². The predicted molar refractivity (Wildman–Crippen MR) is 104 cm³/mol. The van der Waals surface area contributed by atoms with Gasteiger partial charge >= 0.3 is 0 Å². The number of aryl methyl sites for hydroxylation is 1. The fraction of sp³-hybridized carbons (Fsp3) is 0.100. The second-order valence-corrected chi connectivity index (χ2v) is 6.78. The van der Waals surface area contributed by atoms with Gasteiger partial charge in [-0.3, -0.25) is 9.78 Å². The van der Waals surface area contributed by atoms with Crippen LogP contribution in [0.25, 0.3) is 22.6 Å². The molecule has 0 saturated heterocycles. The highest BCUT2D eigenvalue weighted by atomic mass is 32.1. The number of hydrogen-bond acceptors (Lipinski definition) is 6. The third-order valence-corrected chi connectivity index (χ3v) is 4.72. The summed E-state index contributed by atoms with van der Waals surface area (Å²) in [4.78, 5) is 24.8. The number of oxazole rings is 1. The number of amides is 1. The maximum absolute atomic E-state index is 13.8. The van der Waals surface area contributed by atoms with E-state index in [1.165, 1.54) is 23.6 Å². The third-order valence-electron chi connectivity index (χ3n) is 3.97. The maximum atomic E-state index is 13.8. The molecule has 8 heteroatoms. The molecule has 28 heavy (non-hydrogen) atoms. The molecular weight excluding hydrogens is 379 g/mol. The number of thiazole rings is 1. The first-order valence-electron chi connectivity index (χ1n) is 8.54. The van der Waals surface area contributed by atoms with Crippen LogP contribution in [-0.4, -0.2) is 20.9 Å². The van der Waals surface area contributed by atoms with Crippen molar-refractivity contribution in [2.24, 2.45) is 0 Å². The molecule has 0 radical (unpaired) electrons. The summed E-state index contributed by atoms with van der Waals surface area (Å²) in [5.74, 6) is 0.145. The van der Waals surface area contributed by atoms with E-state index in [2.05, 4.69) is 20.3 Å². The van der Waals surface area contributed by atoms with E-state index in [1.54, 1.807) is 30.6 Å². The summed E-state index contributed by atoms with van der Waals surface area (Å²) in [6, 6.07) is 10.1. The van der Waals surface area contributed by atoms with Crippen LogP contribution in [0.4, 0.5) is 9.52 Å². The van der Waals surface area contributed by atoms with Crippen molar-refractivity contribution in [2.75, 3.05) is 5.32 Å². The van der Waals surface area contributed by atoms with E-state index >= 15 is 0 Å². The number of carbonyl (C=O) groups excluding carboxylic acids is 1. The van der Waals surface area contributed by atoms with Crippen molar-refractivity contribution in [1.29, 1.82) is 0 Å². The summed E-state index contributed by atoms with van der Waals surface area (Å²) < 4.78 is 19.4. The Morgan fingerprint density at radius 1 is 1.18 bits per heavy atom. The highest BCUT2D eigenvalue weighted by molar-refractivity contribution is 7.14. The van der Waals surface area contributed by atoms with E-state index in [-0.39, 0.29) is 18.1 Å². The first-order valence-corrected chi connectivity index (χ1v) is 9.42. The SMILES string of the molecule is O=C(CCc1ncc(-c2ccccc2F)o1)Nc1nc(-c2cccnc2)cs1. The lowest BCUT2D eigenvalue weighted by atomic mass is 10.2. The molecule has 140 valence electrons. The van der Waals surface area contributed by atoms with Gasteiger partial charge in [-0.25, -0.2) is 14.4 Å². The maximum Gasteiger partial charge on any atom is 0.226 e. The number of hydrogen-bond donors (Lipinski definition) is 1. The zero-order valence-electron chi connectivity index (χ0n) is 14.6. The number of halogens is 1. The highest BCUT2D eigenvalue weighted by Gasteiger charge is 2.13. The normalized spacial score (nSPS) is 10.8. The number of nitrogens with zero attached hydrogens (tertiary/aromatic N) is 3. The van der Waals surface area contributed by atoms with Crippen LogP contribution < -0.4 is 5.32 Å². The summed E-state index contributed by atoms with van der Waals surface area (Å²) in [6.45, 7) is 0. The molecule has 1 amide bonds. The second-order valence-electron chi connectivity index (χ2n) is 5.93. The predicted octanol–water partition coefficient (Wildman–Crippen LogP) is 4.57. The van der Waals surface area contributed by atoms with Crippen LogP contribution in [0, 0.1) is 5.82 Å². The van der Waals surface area contributed by atoms with Crippen LogP contribution in [0.15, 0.2) is 64.8 Å². The molecule has 0 spiro atoms. The van der Waals surface area contributed by atoms with Crippen LogP contribution >= 0.6 is 11.3 Å². The van der Waals surface area contributed by atoms with Crippen LogP contribution in [0.5, 0.6) is 0 Å². The quantitative estimate of drug-likeness (QED) is 0.518. The zero-order valence-corrected chi connectivity index (χ0v) is 15.4. The minimum atomic E-state index is -0.379. The summed E-state index contributed by atoms with van der Waals surface area (Å²) >= 11 is 1.35. The Morgan fingerprint density at radius 2 is 2.07 bits per heavy atom. The number of benzene rings is 1. The van der Waals surface area contributed by atoms with E-state index in [0.29, 0.717) is 28.8 Å². The lowest BCUT2D eigenvalue weighted by Crippen LogP contribution is -2.12. The van der Waals surface area contributed by atoms with Gasteiger partial charge < -0.3 is 9.73 Å². The molecule has 0 aliphatic rings. The smallest absolute Gasteiger partial charge is 0.226 e. The summed E-state index contributed by atoms with van der Waals surface area (Å²) in [7, 11) is 0. The largest absolute Gasteiger partial charge is 0.441 e. The number of anilines is 1. The van der Waals surface area contributed by atoms with Crippen LogP contribution in [0.2, 0.25) is 0 Å². The lowest BCUT2D eigenvalue weighted by molar-refractivity contribution is -0.116. The molecule has 0 aliphatic heterocycles. The van der Waals surface area contributed by atoms with Crippen molar-refractivity contribution in [3.8, 4) is 22.6 Å². The van der Waals surface area contributed by atoms with Crippen molar-refractivity contribution in [1.82, 2.24) is 15.0 Å². The third kappa shape index (κ3) is 4.12. The molecule has 4 rings (SSSR count). The van der Waals surface area contributed by atoms with Gasteiger partial charge in [-0.05, 0) is 24.3 Å². The average Bonchev–Trinajstić information content (AvgIpc) is 3.37. The van der Waals surface area contributed by atoms with Crippen LogP contribution in [0.3, 0.4) is 0 Å². The van der Waals surface area contributed by atoms with E-state index in [9.17, 15) is 9.18 Å². The second kappa shape index (κ2) is 8.10. The van der Waals surface area contributed by atoms with Crippen molar-refractivity contribution < 1.29 is 13.6 Å². The van der Waals surface area contributed by atoms with E-state index in [1.807, 2.05) is 17.5 Å². The van der Waals surface area contributed by atoms with E-state index in [4.69, 9.17) is 4.42 Å². The molecule has 0 aliphatic carbocycles. The zero-order chi connectivity index (χ0) is 19.3. The van der Waals surface area contributed by atoms with Gasteiger partial charge in [0, 0.05) is 36.2 Å². The topological polar surface area (TPSA) is 80.9 Å². The highest BCUT2D eigenvalue weighted by Crippen LogP contribution is 2.25. The molecule has 0 saturated carbocycles. The molecule has 1 N–H and O–H groups in total. The first kappa shape index (κ1) is 18.0. The van der Waals surface area contributed by atoms with Crippen molar-refractivity contribution in [3.05, 3.63) is 72.1 Å². The molecule has 0 fully saturated rings. The number of pyridine rings is 1. The van der Waals surface area contributed by atoms with Gasteiger partial charge in [-0.1, -0.05) is 12.1 Å². The molecule has 6 nitrogen and oxygen atoms in total. The Balaban J connectivity index is 1.34. The van der Waals surface area contributed by atoms with Gasteiger partial charge in [0.1, 0.15) is 5.82 Å². The molecule has 0 bridgehead atoms. The van der Waals surface area contributed by atoms with Crippen LogP contribution in [-0.2, 0) is 11.2 Å². The first-order chi connectivity index (χ1) is 13.7. The fourth-order valence-electron chi connectivity index (χ4n) is 2.59. The van der Waals surface area contributed by atoms with Gasteiger partial charge in [0.05, 0.1) is 17.5 Å². The van der Waals surface area contributed by atoms with Crippen LogP contribution in [0.1, 0.15) is 12.3 Å². The average molecular weight is 394 g/mol. The Hall–Kier alpha value is -3.39. The number of carbonyl (C=O) groups is 1. The number of nitrogens with one attached hydrogen (secondary N) is 1. The van der Waals surface area contributed by atoms with Gasteiger partial charge in [0.2, 0.25) is 5.91 Å². The van der Waals surface area contributed by atoms with Gasteiger partial charge in [-0.2, -0.15) is 0 Å². The minimum absolute atomic E-state index is 0.180.